The molecule has 132 valence electrons. The van der Waals surface area contributed by atoms with Crippen LogP contribution in [0.3, 0.4) is 0 Å². The molecule has 0 radical (unpaired) electrons. The van der Waals surface area contributed by atoms with E-state index in [9.17, 15) is 8.42 Å². The van der Waals surface area contributed by atoms with Gasteiger partial charge in [0.25, 0.3) is 0 Å². The molecule has 0 aliphatic heterocycles. The molecule has 2 atom stereocenters. The lowest BCUT2D eigenvalue weighted by Gasteiger charge is -2.23. The number of sulfone groups is 1. The van der Waals surface area contributed by atoms with Gasteiger partial charge in [-0.2, -0.15) is 0 Å². The average Bonchev–Trinajstić information content (AvgIpc) is 3.36. The van der Waals surface area contributed by atoms with Crippen molar-refractivity contribution in [3.8, 4) is 5.75 Å². The van der Waals surface area contributed by atoms with Gasteiger partial charge < -0.3 is 10.1 Å². The molecule has 1 saturated carbocycles. The summed E-state index contributed by atoms with van der Waals surface area (Å²) in [6.45, 7) is 1.05. The topological polar surface area (TPSA) is 55.4 Å². The summed E-state index contributed by atoms with van der Waals surface area (Å²) in [5, 5.41) is 3.68. The van der Waals surface area contributed by atoms with Crippen LogP contribution in [-0.2, 0) is 16.3 Å². The van der Waals surface area contributed by atoms with E-state index in [1.165, 1.54) is 30.2 Å². The van der Waals surface area contributed by atoms with Gasteiger partial charge in [-0.1, -0.05) is 24.3 Å². The van der Waals surface area contributed by atoms with Crippen molar-refractivity contribution in [1.82, 2.24) is 5.32 Å². The van der Waals surface area contributed by atoms with Crippen molar-refractivity contribution in [2.24, 2.45) is 5.92 Å². The number of hydrogen-bond acceptors (Lipinski definition) is 4. The fourth-order valence-electron chi connectivity index (χ4n) is 3.44. The molecule has 2 unspecified atom stereocenters. The maximum absolute atomic E-state index is 11.6. The van der Waals surface area contributed by atoms with Crippen LogP contribution in [0.1, 0.15) is 30.1 Å². The van der Waals surface area contributed by atoms with E-state index in [1.54, 1.807) is 24.3 Å². The van der Waals surface area contributed by atoms with Crippen LogP contribution in [0.25, 0.3) is 0 Å². The average molecular weight is 357 g/mol. The van der Waals surface area contributed by atoms with E-state index in [4.69, 9.17) is 4.74 Å². The molecule has 2 aromatic carbocycles. The fraction of sp³-hybridized carbons (Fsp3) is 0.400. The Kier molecular flexibility index (Phi) is 4.29. The van der Waals surface area contributed by atoms with Crippen LogP contribution < -0.4 is 10.1 Å². The molecule has 2 aromatic rings. The highest BCUT2D eigenvalue weighted by Crippen LogP contribution is 2.36. The van der Waals surface area contributed by atoms with Crippen LogP contribution in [0.5, 0.6) is 5.75 Å². The number of benzene rings is 2. The number of hydrogen-bond donors (Lipinski definition) is 1. The van der Waals surface area contributed by atoms with Crippen LogP contribution >= 0.6 is 0 Å². The number of ether oxygens (including phenoxy) is 1. The third-order valence-electron chi connectivity index (χ3n) is 5.05. The molecule has 0 heterocycles. The summed E-state index contributed by atoms with van der Waals surface area (Å²) in [4.78, 5) is 0.315. The third-order valence-corrected chi connectivity index (χ3v) is 6.18. The molecule has 0 amide bonds. The van der Waals surface area contributed by atoms with E-state index in [2.05, 4.69) is 23.5 Å². The van der Waals surface area contributed by atoms with E-state index >= 15 is 0 Å². The van der Waals surface area contributed by atoms with Crippen molar-refractivity contribution in [2.75, 3.05) is 12.8 Å². The maximum atomic E-state index is 11.6. The first-order valence-electron chi connectivity index (χ1n) is 8.79. The van der Waals surface area contributed by atoms with Crippen LogP contribution in [0, 0.1) is 5.92 Å². The molecule has 0 saturated heterocycles. The molecular weight excluding hydrogens is 334 g/mol. The lowest BCUT2D eigenvalue weighted by molar-refractivity contribution is 0.167. The molecule has 0 aromatic heterocycles. The van der Waals surface area contributed by atoms with Gasteiger partial charge in [0.1, 0.15) is 11.9 Å². The van der Waals surface area contributed by atoms with Crippen molar-refractivity contribution in [2.45, 2.75) is 36.3 Å². The Balaban J connectivity index is 1.54. The van der Waals surface area contributed by atoms with Crippen molar-refractivity contribution < 1.29 is 13.2 Å². The standard InChI is InChI=1S/C20H23NO3S/c1-25(22,23)17-10-8-16(9-11-17)24-20-18-5-3-2-4-15(18)12-19(20)21-13-14-6-7-14/h2-5,8-11,14,19-21H,6-7,12-13H2,1H3. The van der Waals surface area contributed by atoms with Gasteiger partial charge in [-0.3, -0.25) is 0 Å². The van der Waals surface area contributed by atoms with Gasteiger partial charge in [0.05, 0.1) is 10.9 Å². The van der Waals surface area contributed by atoms with Gasteiger partial charge in [-0.05, 0) is 67.1 Å². The van der Waals surface area contributed by atoms with Crippen molar-refractivity contribution in [3.63, 3.8) is 0 Å². The highest BCUT2D eigenvalue weighted by Gasteiger charge is 2.35. The lowest BCUT2D eigenvalue weighted by Crippen LogP contribution is -2.36. The summed E-state index contributed by atoms with van der Waals surface area (Å²) >= 11 is 0. The summed E-state index contributed by atoms with van der Waals surface area (Å²) in [5.74, 6) is 1.52. The molecule has 1 fully saturated rings. The van der Waals surface area contributed by atoms with E-state index in [0.717, 1.165) is 18.9 Å². The van der Waals surface area contributed by atoms with Crippen LogP contribution in [-0.4, -0.2) is 27.3 Å². The Labute approximate surface area is 149 Å². The lowest BCUT2D eigenvalue weighted by atomic mass is 10.1. The Morgan fingerprint density at radius 2 is 1.80 bits per heavy atom. The van der Waals surface area contributed by atoms with Gasteiger partial charge in [-0.15, -0.1) is 0 Å². The molecule has 0 bridgehead atoms. The van der Waals surface area contributed by atoms with Crippen LogP contribution in [0.2, 0.25) is 0 Å². The molecule has 25 heavy (non-hydrogen) atoms. The molecule has 1 N–H and O–H groups in total. The van der Waals surface area contributed by atoms with E-state index in [1.807, 2.05) is 6.07 Å². The predicted molar refractivity (Wildman–Crippen MR) is 97.6 cm³/mol. The zero-order chi connectivity index (χ0) is 17.4. The maximum Gasteiger partial charge on any atom is 0.175 e. The number of nitrogens with one attached hydrogen (secondary N) is 1. The largest absolute Gasteiger partial charge is 0.484 e. The number of fused-ring (bicyclic) bond motifs is 1. The second-order valence-electron chi connectivity index (χ2n) is 7.14. The summed E-state index contributed by atoms with van der Waals surface area (Å²) in [7, 11) is -3.19. The highest BCUT2D eigenvalue weighted by molar-refractivity contribution is 7.90. The van der Waals surface area contributed by atoms with E-state index in [0.29, 0.717) is 10.6 Å². The molecule has 4 rings (SSSR count). The third kappa shape index (κ3) is 3.72. The van der Waals surface area contributed by atoms with Crippen LogP contribution in [0.4, 0.5) is 0 Å². The first-order valence-corrected chi connectivity index (χ1v) is 10.7. The van der Waals surface area contributed by atoms with Gasteiger partial charge in [-0.25, -0.2) is 8.42 Å². The zero-order valence-corrected chi connectivity index (χ0v) is 15.1. The van der Waals surface area contributed by atoms with Crippen LogP contribution in [0.15, 0.2) is 53.4 Å². The van der Waals surface area contributed by atoms with E-state index < -0.39 is 9.84 Å². The minimum absolute atomic E-state index is 0.0426. The fourth-order valence-corrected chi connectivity index (χ4v) is 4.07. The summed E-state index contributed by atoms with van der Waals surface area (Å²) in [6.07, 6.45) is 4.79. The quantitative estimate of drug-likeness (QED) is 0.863. The summed E-state index contributed by atoms with van der Waals surface area (Å²) in [6, 6.07) is 15.4. The van der Waals surface area contributed by atoms with Crippen molar-refractivity contribution in [1.29, 1.82) is 0 Å². The second kappa shape index (κ2) is 6.46. The summed E-state index contributed by atoms with van der Waals surface area (Å²) in [5.41, 5.74) is 2.55. The first-order chi connectivity index (χ1) is 12.0. The Hall–Kier alpha value is -1.85. The molecule has 2 aliphatic carbocycles. The molecule has 5 heteroatoms. The Bertz CT molecular complexity index is 857. The molecule has 4 nitrogen and oxygen atoms in total. The Morgan fingerprint density at radius 3 is 2.48 bits per heavy atom. The Morgan fingerprint density at radius 1 is 1.08 bits per heavy atom. The van der Waals surface area contributed by atoms with Gasteiger partial charge in [0.15, 0.2) is 9.84 Å². The molecule has 2 aliphatic rings. The predicted octanol–water partition coefficient (Wildman–Crippen LogP) is 3.13. The SMILES string of the molecule is CS(=O)(=O)c1ccc(OC2c3ccccc3CC2NCC2CC2)cc1. The highest BCUT2D eigenvalue weighted by atomic mass is 32.2. The molecule has 0 spiro atoms. The minimum atomic E-state index is -3.19. The monoisotopic (exact) mass is 357 g/mol. The normalized spacial score (nSPS) is 22.6. The van der Waals surface area contributed by atoms with Crippen molar-refractivity contribution in [3.05, 3.63) is 59.7 Å². The zero-order valence-electron chi connectivity index (χ0n) is 14.3. The van der Waals surface area contributed by atoms with Gasteiger partial charge in [0, 0.05) is 6.26 Å². The van der Waals surface area contributed by atoms with Gasteiger partial charge in [0.2, 0.25) is 0 Å². The first kappa shape index (κ1) is 16.6. The summed E-state index contributed by atoms with van der Waals surface area (Å²) < 4.78 is 29.5. The minimum Gasteiger partial charge on any atom is -0.484 e. The second-order valence-corrected chi connectivity index (χ2v) is 9.16. The van der Waals surface area contributed by atoms with E-state index in [-0.39, 0.29) is 12.1 Å². The number of rotatable bonds is 6. The van der Waals surface area contributed by atoms with Gasteiger partial charge >= 0.3 is 0 Å². The molecular formula is C20H23NO3S. The smallest absolute Gasteiger partial charge is 0.175 e. The van der Waals surface area contributed by atoms with Crippen molar-refractivity contribution >= 4 is 9.84 Å².